The molecule has 1 aromatic carbocycles. The Kier molecular flexibility index (Phi) is 4.70. The van der Waals surface area contributed by atoms with Crippen LogP contribution in [0, 0.1) is 38.7 Å². The fourth-order valence-electron chi connectivity index (χ4n) is 7.43. The number of carbonyl (C=O) groups excluding carboxylic acids is 2. The van der Waals surface area contributed by atoms with Gasteiger partial charge in [0.15, 0.2) is 0 Å². The lowest BCUT2D eigenvalue weighted by molar-refractivity contribution is -0.384. The van der Waals surface area contributed by atoms with Crippen molar-refractivity contribution in [3.05, 3.63) is 28.3 Å². The summed E-state index contributed by atoms with van der Waals surface area (Å²) in [5.74, 6) is -0.535. The second-order valence-corrected chi connectivity index (χ2v) is 11.9. The first-order chi connectivity index (χ1) is 15.0. The number of nitrogens with zero attached hydrogens (tertiary/aromatic N) is 3. The summed E-state index contributed by atoms with van der Waals surface area (Å²) in [5.41, 5.74) is 1.29. The minimum atomic E-state index is -0.366. The molecule has 7 heteroatoms. The molecule has 4 aliphatic rings. The molecule has 32 heavy (non-hydrogen) atoms. The Labute approximate surface area is 189 Å². The molecule has 2 saturated heterocycles. The maximum Gasteiger partial charge on any atom is 0.294 e. The van der Waals surface area contributed by atoms with Gasteiger partial charge >= 0.3 is 0 Å². The average molecular weight is 440 g/mol. The Morgan fingerprint density at radius 3 is 2.50 bits per heavy atom. The molecule has 2 aliphatic carbocycles. The van der Waals surface area contributed by atoms with Crippen molar-refractivity contribution in [1.29, 1.82) is 0 Å². The van der Waals surface area contributed by atoms with Crippen LogP contribution in [-0.2, 0) is 9.59 Å². The number of rotatable bonds is 3. The van der Waals surface area contributed by atoms with Gasteiger partial charge in [-0.2, -0.15) is 0 Å². The van der Waals surface area contributed by atoms with Crippen LogP contribution in [0.1, 0.15) is 66.2 Å². The Morgan fingerprint density at radius 1 is 1.06 bits per heavy atom. The molecular weight excluding hydrogens is 406 g/mol. The number of carbonyl (C=O) groups is 2. The molecule has 2 aliphatic heterocycles. The van der Waals surface area contributed by atoms with Gasteiger partial charge in [-0.3, -0.25) is 19.7 Å². The number of nitro benzene ring substituents is 1. The second kappa shape index (κ2) is 7.03. The van der Waals surface area contributed by atoms with E-state index in [1.54, 1.807) is 12.1 Å². The summed E-state index contributed by atoms with van der Waals surface area (Å²) < 4.78 is 0. The van der Waals surface area contributed by atoms with E-state index in [2.05, 4.69) is 32.6 Å². The van der Waals surface area contributed by atoms with Gasteiger partial charge in [0.1, 0.15) is 5.69 Å². The van der Waals surface area contributed by atoms with E-state index in [4.69, 9.17) is 0 Å². The molecule has 1 aromatic rings. The molecule has 5 atom stereocenters. The molecule has 0 radical (unpaired) electrons. The summed E-state index contributed by atoms with van der Waals surface area (Å²) in [7, 11) is 0. The van der Waals surface area contributed by atoms with E-state index in [-0.39, 0.29) is 51.1 Å². The molecule has 5 rings (SSSR count). The SMILES string of the molecule is CC1CCC2C(=O)N(c3ccc(N4CC5(C)CC4CC(C)(C)C5)c([N+](=O)[O-])c3)C(=O)C2C1. The van der Waals surface area contributed by atoms with Crippen LogP contribution in [0.25, 0.3) is 0 Å². The molecule has 0 N–H and O–H groups in total. The highest BCUT2D eigenvalue weighted by atomic mass is 16.6. The Morgan fingerprint density at radius 2 is 1.78 bits per heavy atom. The van der Waals surface area contributed by atoms with E-state index < -0.39 is 0 Å². The number of anilines is 2. The molecule has 2 heterocycles. The fourth-order valence-corrected chi connectivity index (χ4v) is 7.43. The van der Waals surface area contributed by atoms with Crippen LogP contribution < -0.4 is 9.80 Å². The van der Waals surface area contributed by atoms with Gasteiger partial charge in [-0.25, -0.2) is 4.90 Å². The van der Waals surface area contributed by atoms with Gasteiger partial charge in [-0.1, -0.05) is 27.7 Å². The Bertz CT molecular complexity index is 1000. The van der Waals surface area contributed by atoms with Gasteiger partial charge in [0, 0.05) is 18.7 Å². The Balaban J connectivity index is 1.49. The minimum Gasteiger partial charge on any atom is -0.362 e. The molecule has 2 bridgehead atoms. The molecular formula is C25H33N3O4. The maximum atomic E-state index is 13.1. The fraction of sp³-hybridized carbons (Fsp3) is 0.680. The van der Waals surface area contributed by atoms with Crippen LogP contribution in [0.5, 0.6) is 0 Å². The van der Waals surface area contributed by atoms with Crippen LogP contribution in [-0.4, -0.2) is 29.3 Å². The summed E-state index contributed by atoms with van der Waals surface area (Å²) in [4.78, 5) is 41.3. The van der Waals surface area contributed by atoms with Crippen LogP contribution in [0.15, 0.2) is 18.2 Å². The first-order valence-corrected chi connectivity index (χ1v) is 11.9. The standard InChI is InChI=1S/C25H33N3O4/c1-15-5-7-18-19(9-15)23(30)27(22(18)29)16-6-8-20(21(10-16)28(31)32)26-14-25(4)12-17(26)11-24(2,3)13-25/h6,8,10,15,17-19H,5,7,9,11-14H2,1-4H3. The minimum absolute atomic E-state index is 0.0136. The number of amides is 2. The lowest BCUT2D eigenvalue weighted by atomic mass is 9.65. The third kappa shape index (κ3) is 3.32. The van der Waals surface area contributed by atoms with E-state index in [0.29, 0.717) is 17.3 Å². The predicted molar refractivity (Wildman–Crippen MR) is 122 cm³/mol. The number of nitro groups is 1. The van der Waals surface area contributed by atoms with Gasteiger partial charge in [-0.05, 0) is 67.4 Å². The van der Waals surface area contributed by atoms with Crippen molar-refractivity contribution in [3.8, 4) is 0 Å². The van der Waals surface area contributed by atoms with Crippen molar-refractivity contribution < 1.29 is 14.5 Å². The van der Waals surface area contributed by atoms with Crippen molar-refractivity contribution in [2.45, 2.75) is 72.3 Å². The zero-order valence-electron chi connectivity index (χ0n) is 19.5. The van der Waals surface area contributed by atoms with E-state index in [1.807, 2.05) is 0 Å². The third-order valence-corrected chi connectivity index (χ3v) is 8.33. The number of hydrogen-bond acceptors (Lipinski definition) is 5. The van der Waals surface area contributed by atoms with Crippen molar-refractivity contribution in [2.24, 2.45) is 28.6 Å². The van der Waals surface area contributed by atoms with Crippen LogP contribution in [0.2, 0.25) is 0 Å². The van der Waals surface area contributed by atoms with Crippen molar-refractivity contribution in [2.75, 3.05) is 16.3 Å². The summed E-state index contributed by atoms with van der Waals surface area (Å²) >= 11 is 0. The third-order valence-electron chi connectivity index (χ3n) is 8.33. The molecule has 2 amide bonds. The summed E-state index contributed by atoms with van der Waals surface area (Å²) in [5, 5.41) is 12.1. The maximum absolute atomic E-state index is 13.1. The number of fused-ring (bicyclic) bond motifs is 3. The number of benzene rings is 1. The quantitative estimate of drug-likeness (QED) is 0.379. The molecule has 7 nitrogen and oxygen atoms in total. The molecule has 2 saturated carbocycles. The Hall–Kier alpha value is -2.44. The van der Waals surface area contributed by atoms with Gasteiger partial charge in [0.05, 0.1) is 22.4 Å². The molecule has 0 aromatic heterocycles. The van der Waals surface area contributed by atoms with E-state index in [0.717, 1.165) is 45.1 Å². The largest absolute Gasteiger partial charge is 0.362 e. The topological polar surface area (TPSA) is 83.8 Å². The van der Waals surface area contributed by atoms with Gasteiger partial charge < -0.3 is 4.90 Å². The molecule has 172 valence electrons. The molecule has 0 spiro atoms. The second-order valence-electron chi connectivity index (χ2n) is 11.9. The first kappa shape index (κ1) is 21.4. The van der Waals surface area contributed by atoms with Gasteiger partial charge in [0.2, 0.25) is 11.8 Å². The van der Waals surface area contributed by atoms with E-state index >= 15 is 0 Å². The van der Waals surface area contributed by atoms with E-state index in [1.165, 1.54) is 11.0 Å². The summed E-state index contributed by atoms with van der Waals surface area (Å²) in [6.07, 6.45) is 5.54. The highest BCUT2D eigenvalue weighted by molar-refractivity contribution is 6.22. The smallest absolute Gasteiger partial charge is 0.294 e. The normalized spacial score (nSPS) is 35.9. The summed E-state index contributed by atoms with van der Waals surface area (Å²) in [6, 6.07) is 5.21. The van der Waals surface area contributed by atoms with Crippen molar-refractivity contribution in [1.82, 2.24) is 0 Å². The molecule has 5 unspecified atom stereocenters. The lowest BCUT2D eigenvalue weighted by Crippen LogP contribution is -2.35. The average Bonchev–Trinajstić information content (AvgIpc) is 3.09. The number of hydrogen-bond donors (Lipinski definition) is 0. The first-order valence-electron chi connectivity index (χ1n) is 11.9. The zero-order chi connectivity index (χ0) is 23.0. The van der Waals surface area contributed by atoms with Crippen LogP contribution in [0.4, 0.5) is 17.1 Å². The monoisotopic (exact) mass is 439 g/mol. The predicted octanol–water partition coefficient (Wildman–Crippen LogP) is 4.93. The van der Waals surface area contributed by atoms with Gasteiger partial charge in [-0.15, -0.1) is 0 Å². The van der Waals surface area contributed by atoms with Gasteiger partial charge in [0.25, 0.3) is 5.69 Å². The molecule has 4 fully saturated rings. The van der Waals surface area contributed by atoms with Crippen LogP contribution >= 0.6 is 0 Å². The zero-order valence-corrected chi connectivity index (χ0v) is 19.5. The highest BCUT2D eigenvalue weighted by Gasteiger charge is 2.52. The van der Waals surface area contributed by atoms with Crippen LogP contribution in [0.3, 0.4) is 0 Å². The van der Waals surface area contributed by atoms with E-state index in [9.17, 15) is 19.7 Å². The lowest BCUT2D eigenvalue weighted by Gasteiger charge is -2.39. The summed E-state index contributed by atoms with van der Waals surface area (Å²) in [6.45, 7) is 9.76. The van der Waals surface area contributed by atoms with Crippen molar-refractivity contribution in [3.63, 3.8) is 0 Å². The number of imide groups is 1. The van der Waals surface area contributed by atoms with Crippen molar-refractivity contribution >= 4 is 28.9 Å². The highest BCUT2D eigenvalue weighted by Crippen LogP contribution is 2.54.